The Morgan fingerprint density at radius 3 is 2.12 bits per heavy atom. The second-order valence-corrected chi connectivity index (χ2v) is 10.0. The molecule has 0 aliphatic carbocycles. The molecule has 0 aliphatic rings. The Labute approximate surface area is 215 Å². The van der Waals surface area contributed by atoms with Crippen LogP contribution in [0, 0.1) is 0 Å². The van der Waals surface area contributed by atoms with E-state index in [1.54, 1.807) is 0 Å². The molecule has 34 heavy (non-hydrogen) atoms. The van der Waals surface area contributed by atoms with E-state index in [9.17, 15) is 0 Å². The molecule has 0 amide bonds. The summed E-state index contributed by atoms with van der Waals surface area (Å²) in [4.78, 5) is 10.2. The summed E-state index contributed by atoms with van der Waals surface area (Å²) in [6.45, 7) is 6.13. The number of halogens is 2. The van der Waals surface area contributed by atoms with Crippen LogP contribution in [0.3, 0.4) is 0 Å². The van der Waals surface area contributed by atoms with E-state index in [-0.39, 0.29) is 0 Å². The summed E-state index contributed by atoms with van der Waals surface area (Å²) in [6.07, 6.45) is 1.84. The van der Waals surface area contributed by atoms with Gasteiger partial charge >= 0.3 is 0 Å². The molecule has 5 nitrogen and oxygen atoms in total. The summed E-state index contributed by atoms with van der Waals surface area (Å²) in [5.74, 6) is 1.43. The average Bonchev–Trinajstić information content (AvgIpc) is 3.12. The van der Waals surface area contributed by atoms with Crippen LogP contribution in [-0.4, -0.2) is 27.7 Å². The Morgan fingerprint density at radius 2 is 1.47 bits per heavy atom. The summed E-state index contributed by atoms with van der Waals surface area (Å²) >= 11 is 7.42. The van der Waals surface area contributed by atoms with Crippen molar-refractivity contribution in [3.63, 3.8) is 0 Å². The number of hydrogen-bond acceptors (Lipinski definition) is 4. The molecule has 5 rings (SSSR count). The standard InChI is InChI=1S/C27H25Br2N3O2/c1-3-10-33-23-14-21-22(15-24(23)34-11-4-2)31-27-25(30-21)19-12-18(28)13-20(29)26(19)32(27)16-17-8-6-5-7-9-17/h5-9,12-15H,3-4,10-11,16H2,1-2H3. The second-order valence-electron chi connectivity index (χ2n) is 8.24. The number of rotatable bonds is 8. The molecule has 0 saturated carbocycles. The lowest BCUT2D eigenvalue weighted by atomic mass is 10.2. The Kier molecular flexibility index (Phi) is 6.75. The minimum atomic E-state index is 0.624. The van der Waals surface area contributed by atoms with E-state index in [1.165, 1.54) is 5.56 Å². The third-order valence-electron chi connectivity index (χ3n) is 5.63. The van der Waals surface area contributed by atoms with Crippen molar-refractivity contribution in [1.82, 2.24) is 14.5 Å². The highest BCUT2D eigenvalue weighted by Gasteiger charge is 2.19. The van der Waals surface area contributed by atoms with E-state index in [2.05, 4.69) is 86.7 Å². The van der Waals surface area contributed by atoms with Gasteiger partial charge in [0.15, 0.2) is 17.1 Å². The van der Waals surface area contributed by atoms with Gasteiger partial charge in [0, 0.05) is 33.0 Å². The lowest BCUT2D eigenvalue weighted by Gasteiger charge is -2.13. The van der Waals surface area contributed by atoms with Crippen molar-refractivity contribution in [2.45, 2.75) is 33.2 Å². The highest BCUT2D eigenvalue weighted by Crippen LogP contribution is 2.38. The molecule has 0 atom stereocenters. The van der Waals surface area contributed by atoms with Gasteiger partial charge in [-0.15, -0.1) is 0 Å². The van der Waals surface area contributed by atoms with Crippen molar-refractivity contribution in [2.24, 2.45) is 0 Å². The minimum Gasteiger partial charge on any atom is -0.490 e. The molecule has 2 heterocycles. The molecule has 5 aromatic rings. The highest BCUT2D eigenvalue weighted by atomic mass is 79.9. The molecule has 0 N–H and O–H groups in total. The third-order valence-corrected chi connectivity index (χ3v) is 6.69. The average molecular weight is 583 g/mol. The number of nitrogens with zero attached hydrogens (tertiary/aromatic N) is 3. The molecule has 174 valence electrons. The molecule has 2 aromatic heterocycles. The first-order valence-electron chi connectivity index (χ1n) is 11.5. The summed E-state index contributed by atoms with van der Waals surface area (Å²) in [6, 6.07) is 18.5. The zero-order chi connectivity index (χ0) is 23.7. The summed E-state index contributed by atoms with van der Waals surface area (Å²) in [5, 5.41) is 1.05. The first-order chi connectivity index (χ1) is 16.6. The van der Waals surface area contributed by atoms with Gasteiger partial charge in [0.05, 0.1) is 29.8 Å². The Balaban J connectivity index is 1.78. The van der Waals surface area contributed by atoms with Crippen LogP contribution in [-0.2, 0) is 6.54 Å². The van der Waals surface area contributed by atoms with Gasteiger partial charge < -0.3 is 14.0 Å². The number of benzene rings is 3. The van der Waals surface area contributed by atoms with Crippen LogP contribution in [0.5, 0.6) is 11.5 Å². The highest BCUT2D eigenvalue weighted by molar-refractivity contribution is 9.11. The smallest absolute Gasteiger partial charge is 0.163 e. The topological polar surface area (TPSA) is 49.2 Å². The van der Waals surface area contributed by atoms with Crippen molar-refractivity contribution < 1.29 is 9.47 Å². The Hall–Kier alpha value is -2.64. The molecular weight excluding hydrogens is 558 g/mol. The molecule has 7 heteroatoms. The maximum atomic E-state index is 6.01. The van der Waals surface area contributed by atoms with E-state index >= 15 is 0 Å². The largest absolute Gasteiger partial charge is 0.490 e. The number of fused-ring (bicyclic) bond motifs is 4. The summed E-state index contributed by atoms with van der Waals surface area (Å²) in [5.41, 5.74) is 5.56. The third kappa shape index (κ3) is 4.39. The van der Waals surface area contributed by atoms with Crippen LogP contribution < -0.4 is 9.47 Å². The van der Waals surface area contributed by atoms with Gasteiger partial charge in [-0.25, -0.2) is 9.97 Å². The van der Waals surface area contributed by atoms with Crippen LogP contribution in [0.15, 0.2) is 63.5 Å². The van der Waals surface area contributed by atoms with Crippen LogP contribution in [0.25, 0.3) is 33.1 Å². The molecular formula is C27H25Br2N3O2. The SMILES string of the molecule is CCCOc1cc2nc3c4cc(Br)cc(Br)c4n(Cc4ccccc4)c3nc2cc1OCCC. The zero-order valence-corrected chi connectivity index (χ0v) is 22.3. The van der Waals surface area contributed by atoms with Gasteiger partial charge in [-0.05, 0) is 46.5 Å². The normalized spacial score (nSPS) is 11.5. The van der Waals surface area contributed by atoms with Gasteiger partial charge in [0.2, 0.25) is 0 Å². The van der Waals surface area contributed by atoms with E-state index in [0.717, 1.165) is 54.9 Å². The van der Waals surface area contributed by atoms with E-state index in [4.69, 9.17) is 19.4 Å². The summed E-state index contributed by atoms with van der Waals surface area (Å²) < 4.78 is 16.2. The first-order valence-corrected chi connectivity index (χ1v) is 13.1. The molecule has 0 bridgehead atoms. The van der Waals surface area contributed by atoms with Gasteiger partial charge in [-0.1, -0.05) is 60.1 Å². The fourth-order valence-corrected chi connectivity index (χ4v) is 5.56. The molecule has 0 spiro atoms. The van der Waals surface area contributed by atoms with E-state index in [1.807, 2.05) is 18.2 Å². The number of hydrogen-bond donors (Lipinski definition) is 0. The predicted octanol–water partition coefficient (Wildman–Crippen LogP) is 7.89. The molecule has 0 aliphatic heterocycles. The lowest BCUT2D eigenvalue weighted by Crippen LogP contribution is -2.03. The fourth-order valence-electron chi connectivity index (χ4n) is 4.12. The minimum absolute atomic E-state index is 0.624. The second kappa shape index (κ2) is 9.92. The Morgan fingerprint density at radius 1 is 0.824 bits per heavy atom. The van der Waals surface area contributed by atoms with Crippen LogP contribution in [0.2, 0.25) is 0 Å². The van der Waals surface area contributed by atoms with Crippen molar-refractivity contribution in [3.8, 4) is 11.5 Å². The van der Waals surface area contributed by atoms with Crippen LogP contribution in [0.4, 0.5) is 0 Å². The first kappa shape index (κ1) is 23.1. The fraction of sp³-hybridized carbons (Fsp3) is 0.259. The van der Waals surface area contributed by atoms with Gasteiger partial charge in [0.1, 0.15) is 5.52 Å². The quantitative estimate of drug-likeness (QED) is 0.187. The molecule has 0 radical (unpaired) electrons. The van der Waals surface area contributed by atoms with Gasteiger partial charge in [-0.2, -0.15) is 0 Å². The summed E-state index contributed by atoms with van der Waals surface area (Å²) in [7, 11) is 0. The predicted molar refractivity (Wildman–Crippen MR) is 145 cm³/mol. The number of ether oxygens (including phenoxy) is 2. The van der Waals surface area contributed by atoms with Crippen LogP contribution >= 0.6 is 31.9 Å². The van der Waals surface area contributed by atoms with Gasteiger partial charge in [-0.3, -0.25) is 0 Å². The van der Waals surface area contributed by atoms with Crippen molar-refractivity contribution in [1.29, 1.82) is 0 Å². The number of aromatic nitrogens is 3. The maximum Gasteiger partial charge on any atom is 0.163 e. The molecule has 0 unspecified atom stereocenters. The zero-order valence-electron chi connectivity index (χ0n) is 19.1. The lowest BCUT2D eigenvalue weighted by molar-refractivity contribution is 0.269. The molecule has 3 aromatic carbocycles. The van der Waals surface area contributed by atoms with Crippen molar-refractivity contribution in [3.05, 3.63) is 69.1 Å². The maximum absolute atomic E-state index is 6.01. The molecule has 0 saturated heterocycles. The van der Waals surface area contributed by atoms with Crippen LogP contribution in [0.1, 0.15) is 32.3 Å². The van der Waals surface area contributed by atoms with Gasteiger partial charge in [0.25, 0.3) is 0 Å². The van der Waals surface area contributed by atoms with Crippen molar-refractivity contribution in [2.75, 3.05) is 13.2 Å². The van der Waals surface area contributed by atoms with Crippen molar-refractivity contribution >= 4 is 65.0 Å². The Bertz CT molecular complexity index is 1480. The molecule has 0 fully saturated rings. The van der Waals surface area contributed by atoms with E-state index in [0.29, 0.717) is 31.3 Å². The monoisotopic (exact) mass is 581 g/mol. The van der Waals surface area contributed by atoms with E-state index < -0.39 is 0 Å².